The first-order chi connectivity index (χ1) is 5.15. The normalized spacial score (nSPS) is 11.0. The molecule has 62 valence electrons. The Hall–Kier alpha value is -0.350. The highest BCUT2D eigenvalue weighted by Gasteiger charge is 2.06. The zero-order valence-electron chi connectivity index (χ0n) is 6.58. The molecule has 0 amide bonds. The average Bonchev–Trinajstić information content (AvgIpc) is 2.31. The van der Waals surface area contributed by atoms with E-state index in [0.29, 0.717) is 11.7 Å². The first kappa shape index (κ1) is 8.74. The molecule has 0 spiro atoms. The van der Waals surface area contributed by atoms with Crippen LogP contribution in [-0.4, -0.2) is 14.9 Å². The number of hydrogen-bond donors (Lipinski definition) is 1. The fraction of sp³-hybridized carbons (Fsp3) is 0.571. The summed E-state index contributed by atoms with van der Waals surface area (Å²) >= 11 is 3.30. The molecule has 0 saturated heterocycles. The lowest BCUT2D eigenvalue weighted by Gasteiger charge is -2.02. The van der Waals surface area contributed by atoms with Crippen LogP contribution in [0, 0.1) is 0 Å². The third-order valence-corrected chi connectivity index (χ3v) is 2.10. The van der Waals surface area contributed by atoms with Crippen LogP contribution < -0.4 is 0 Å². The van der Waals surface area contributed by atoms with E-state index in [9.17, 15) is 0 Å². The van der Waals surface area contributed by atoms with E-state index in [1.54, 1.807) is 0 Å². The maximum Gasteiger partial charge on any atom is 0.102 e. The summed E-state index contributed by atoms with van der Waals surface area (Å²) in [6.07, 6.45) is 1.87. The van der Waals surface area contributed by atoms with Crippen LogP contribution >= 0.6 is 15.9 Å². The number of aromatic nitrogens is 2. The molecule has 11 heavy (non-hydrogen) atoms. The number of hydrogen-bond acceptors (Lipinski definition) is 2. The molecule has 3 nitrogen and oxygen atoms in total. The molecule has 4 heteroatoms. The summed E-state index contributed by atoms with van der Waals surface area (Å²) in [5.41, 5.74) is 0.693. The zero-order chi connectivity index (χ0) is 8.43. The molecule has 0 radical (unpaired) electrons. The Morgan fingerprint density at radius 1 is 1.73 bits per heavy atom. The van der Waals surface area contributed by atoms with Gasteiger partial charge >= 0.3 is 0 Å². The molecule has 0 unspecified atom stereocenters. The molecule has 1 aromatic rings. The minimum Gasteiger partial charge on any atom is -0.390 e. The Balaban J connectivity index is 2.95. The van der Waals surface area contributed by atoms with Crippen LogP contribution in [0.4, 0.5) is 0 Å². The van der Waals surface area contributed by atoms with Crippen LogP contribution in [0.3, 0.4) is 0 Å². The molecular formula is C7H11BrN2O. The molecule has 0 fully saturated rings. The Kier molecular flexibility index (Phi) is 2.67. The second kappa shape index (κ2) is 3.36. The summed E-state index contributed by atoms with van der Waals surface area (Å²) in [7, 11) is 0. The highest BCUT2D eigenvalue weighted by molar-refractivity contribution is 9.10. The summed E-state index contributed by atoms with van der Waals surface area (Å²) in [5, 5.41) is 13.0. The predicted molar refractivity (Wildman–Crippen MR) is 46.2 cm³/mol. The lowest BCUT2D eigenvalue weighted by atomic mass is 10.4. The van der Waals surface area contributed by atoms with Gasteiger partial charge in [-0.15, -0.1) is 0 Å². The van der Waals surface area contributed by atoms with Gasteiger partial charge in [0.05, 0.1) is 11.1 Å². The van der Waals surface area contributed by atoms with Gasteiger partial charge in [-0.25, -0.2) is 0 Å². The number of rotatable bonds is 2. The Morgan fingerprint density at radius 3 is 2.64 bits per heavy atom. The van der Waals surface area contributed by atoms with Crippen molar-refractivity contribution in [2.75, 3.05) is 0 Å². The molecule has 1 heterocycles. The lowest BCUT2D eigenvalue weighted by molar-refractivity contribution is 0.274. The van der Waals surface area contributed by atoms with Crippen molar-refractivity contribution in [3.05, 3.63) is 16.4 Å². The van der Waals surface area contributed by atoms with E-state index in [4.69, 9.17) is 5.11 Å². The monoisotopic (exact) mass is 218 g/mol. The van der Waals surface area contributed by atoms with Gasteiger partial charge in [0.2, 0.25) is 0 Å². The topological polar surface area (TPSA) is 38.0 Å². The van der Waals surface area contributed by atoms with E-state index in [-0.39, 0.29) is 6.61 Å². The fourth-order valence-electron chi connectivity index (χ4n) is 0.778. The van der Waals surface area contributed by atoms with Gasteiger partial charge < -0.3 is 5.11 Å². The van der Waals surface area contributed by atoms with Crippen LogP contribution in [0.1, 0.15) is 25.6 Å². The molecule has 0 bridgehead atoms. The van der Waals surface area contributed by atoms with Gasteiger partial charge in [0.25, 0.3) is 0 Å². The Labute approximate surface area is 74.2 Å². The van der Waals surface area contributed by atoms with Crippen molar-refractivity contribution in [1.29, 1.82) is 0 Å². The molecule has 0 atom stereocenters. The van der Waals surface area contributed by atoms with Crippen LogP contribution in [-0.2, 0) is 6.61 Å². The van der Waals surface area contributed by atoms with E-state index < -0.39 is 0 Å². The maximum atomic E-state index is 8.81. The molecule has 1 N–H and O–H groups in total. The standard InChI is InChI=1S/C7H11BrN2O/c1-5(2)10-3-6(8)7(4-11)9-10/h3,5,11H,4H2,1-2H3. The van der Waals surface area contributed by atoms with Crippen LogP contribution in [0.25, 0.3) is 0 Å². The van der Waals surface area contributed by atoms with E-state index in [0.717, 1.165) is 4.47 Å². The van der Waals surface area contributed by atoms with Crippen molar-refractivity contribution < 1.29 is 5.11 Å². The van der Waals surface area contributed by atoms with Crippen molar-refractivity contribution in [1.82, 2.24) is 9.78 Å². The van der Waals surface area contributed by atoms with Gasteiger partial charge in [-0.05, 0) is 29.8 Å². The first-order valence-corrected chi connectivity index (χ1v) is 4.29. The highest BCUT2D eigenvalue weighted by Crippen LogP contribution is 2.16. The van der Waals surface area contributed by atoms with Crippen LogP contribution in [0.15, 0.2) is 10.7 Å². The SMILES string of the molecule is CC(C)n1cc(Br)c(CO)n1. The van der Waals surface area contributed by atoms with Gasteiger partial charge in [0.15, 0.2) is 0 Å². The van der Waals surface area contributed by atoms with Gasteiger partial charge in [0, 0.05) is 12.2 Å². The summed E-state index contributed by atoms with van der Waals surface area (Å²) in [6.45, 7) is 4.07. The molecule has 1 rings (SSSR count). The molecular weight excluding hydrogens is 208 g/mol. The van der Waals surface area contributed by atoms with Crippen molar-refractivity contribution in [2.45, 2.75) is 26.5 Å². The zero-order valence-corrected chi connectivity index (χ0v) is 8.17. The van der Waals surface area contributed by atoms with Gasteiger partial charge in [-0.2, -0.15) is 5.10 Å². The van der Waals surface area contributed by atoms with Crippen molar-refractivity contribution in [2.24, 2.45) is 0 Å². The molecule has 0 aliphatic rings. The number of aliphatic hydroxyl groups is 1. The molecule has 1 aromatic heterocycles. The lowest BCUT2D eigenvalue weighted by Crippen LogP contribution is -2.01. The van der Waals surface area contributed by atoms with E-state index in [1.165, 1.54) is 0 Å². The summed E-state index contributed by atoms with van der Waals surface area (Å²) in [5.74, 6) is 0. The summed E-state index contributed by atoms with van der Waals surface area (Å²) in [6, 6.07) is 0.339. The quantitative estimate of drug-likeness (QED) is 0.822. The smallest absolute Gasteiger partial charge is 0.102 e. The first-order valence-electron chi connectivity index (χ1n) is 3.49. The Morgan fingerprint density at radius 2 is 2.36 bits per heavy atom. The van der Waals surface area contributed by atoms with Gasteiger partial charge in [0.1, 0.15) is 5.69 Å². The van der Waals surface area contributed by atoms with E-state index >= 15 is 0 Å². The molecule has 0 aliphatic carbocycles. The van der Waals surface area contributed by atoms with Gasteiger partial charge in [-0.1, -0.05) is 0 Å². The average molecular weight is 219 g/mol. The fourth-order valence-corrected chi connectivity index (χ4v) is 1.19. The largest absolute Gasteiger partial charge is 0.390 e. The minimum absolute atomic E-state index is 0.0136. The molecule has 0 aromatic carbocycles. The number of halogens is 1. The summed E-state index contributed by atoms with van der Waals surface area (Å²) < 4.78 is 2.68. The van der Waals surface area contributed by atoms with Crippen molar-refractivity contribution in [3.8, 4) is 0 Å². The third kappa shape index (κ3) is 1.81. The second-order valence-electron chi connectivity index (χ2n) is 2.66. The number of nitrogens with zero attached hydrogens (tertiary/aromatic N) is 2. The van der Waals surface area contributed by atoms with Crippen LogP contribution in [0.2, 0.25) is 0 Å². The maximum absolute atomic E-state index is 8.81. The van der Waals surface area contributed by atoms with Gasteiger partial charge in [-0.3, -0.25) is 4.68 Å². The number of aliphatic hydroxyl groups excluding tert-OH is 1. The second-order valence-corrected chi connectivity index (χ2v) is 3.51. The van der Waals surface area contributed by atoms with E-state index in [1.807, 2.05) is 24.7 Å². The predicted octanol–water partition coefficient (Wildman–Crippen LogP) is 1.72. The van der Waals surface area contributed by atoms with Crippen molar-refractivity contribution in [3.63, 3.8) is 0 Å². The Bertz CT molecular complexity index is 245. The molecule has 0 aliphatic heterocycles. The third-order valence-electron chi connectivity index (χ3n) is 1.44. The highest BCUT2D eigenvalue weighted by atomic mass is 79.9. The molecule has 0 saturated carbocycles. The van der Waals surface area contributed by atoms with Crippen molar-refractivity contribution >= 4 is 15.9 Å². The minimum atomic E-state index is -0.0136. The van der Waals surface area contributed by atoms with Crippen LogP contribution in [0.5, 0.6) is 0 Å². The van der Waals surface area contributed by atoms with E-state index in [2.05, 4.69) is 21.0 Å². The summed E-state index contributed by atoms with van der Waals surface area (Å²) in [4.78, 5) is 0.